The fourth-order valence-electron chi connectivity index (χ4n) is 0.793. The second-order valence-corrected chi connectivity index (χ2v) is 3.55. The molecular formula is C7H9O5P. The average Bonchev–Trinajstić information content (AvgIpc) is 2.03. The van der Waals surface area contributed by atoms with Crippen molar-refractivity contribution in [3.63, 3.8) is 0 Å². The second-order valence-electron chi connectivity index (χ2n) is 2.38. The third kappa shape index (κ3) is 3.57. The molecule has 5 nitrogen and oxygen atoms in total. The smallest absolute Gasteiger partial charge is 0.404 e. The molecule has 0 aliphatic carbocycles. The fraction of sp³-hybridized carbons (Fsp3) is 0.143. The summed E-state index contributed by atoms with van der Waals surface area (Å²) in [5, 5.41) is 8.67. The number of rotatable bonds is 3. The van der Waals surface area contributed by atoms with Crippen LogP contribution in [0, 0.1) is 0 Å². The van der Waals surface area contributed by atoms with E-state index in [-0.39, 0.29) is 12.4 Å². The van der Waals surface area contributed by atoms with E-state index in [0.29, 0.717) is 5.56 Å². The van der Waals surface area contributed by atoms with Gasteiger partial charge in [-0.25, -0.2) is 4.57 Å². The summed E-state index contributed by atoms with van der Waals surface area (Å²) < 4.78 is 14.7. The van der Waals surface area contributed by atoms with E-state index in [0.717, 1.165) is 0 Å². The van der Waals surface area contributed by atoms with Gasteiger partial charge in [0.2, 0.25) is 0 Å². The highest BCUT2D eigenvalue weighted by Crippen LogP contribution is 2.37. The standard InChI is InChI=1S/C7H9O5P/c8-5-6-1-3-7(4-2-6)12-13(9,10)11/h1-4,8H,5H2,(H2,9,10,11). The average molecular weight is 204 g/mol. The minimum absolute atomic E-state index is 0.0746. The third-order valence-corrected chi connectivity index (χ3v) is 1.78. The summed E-state index contributed by atoms with van der Waals surface area (Å²) >= 11 is 0. The van der Waals surface area contributed by atoms with Gasteiger partial charge in [0.1, 0.15) is 5.75 Å². The molecule has 0 bridgehead atoms. The number of hydrogen-bond donors (Lipinski definition) is 3. The van der Waals surface area contributed by atoms with Crippen molar-refractivity contribution in [2.45, 2.75) is 6.61 Å². The van der Waals surface area contributed by atoms with E-state index in [2.05, 4.69) is 4.52 Å². The van der Waals surface area contributed by atoms with Crippen molar-refractivity contribution < 1.29 is 24.0 Å². The summed E-state index contributed by atoms with van der Waals surface area (Å²) in [6.45, 7) is -0.115. The lowest BCUT2D eigenvalue weighted by molar-refractivity contribution is 0.280. The first-order chi connectivity index (χ1) is 6.01. The molecule has 0 amide bonds. The Morgan fingerprint density at radius 1 is 1.23 bits per heavy atom. The Balaban J connectivity index is 2.76. The van der Waals surface area contributed by atoms with Gasteiger partial charge in [0.15, 0.2) is 0 Å². The molecule has 1 aromatic rings. The highest BCUT2D eigenvalue weighted by Gasteiger charge is 2.15. The molecule has 1 aromatic carbocycles. The Morgan fingerprint density at radius 2 is 1.77 bits per heavy atom. The van der Waals surface area contributed by atoms with Crippen molar-refractivity contribution in [2.24, 2.45) is 0 Å². The quantitative estimate of drug-likeness (QED) is 0.629. The molecule has 0 saturated heterocycles. The number of benzene rings is 1. The maximum atomic E-state index is 10.4. The van der Waals surface area contributed by atoms with Crippen LogP contribution >= 0.6 is 7.82 Å². The SMILES string of the molecule is O=P(O)(O)Oc1ccc(CO)cc1. The number of phosphoric acid groups is 1. The van der Waals surface area contributed by atoms with E-state index in [9.17, 15) is 4.57 Å². The molecule has 0 aliphatic heterocycles. The summed E-state index contributed by atoms with van der Waals surface area (Å²) in [7, 11) is -4.47. The number of phosphoric ester groups is 1. The second kappa shape index (κ2) is 3.89. The van der Waals surface area contributed by atoms with Crippen LogP contribution in [0.4, 0.5) is 0 Å². The van der Waals surface area contributed by atoms with Crippen LogP contribution in [-0.2, 0) is 11.2 Å². The molecular weight excluding hydrogens is 195 g/mol. The van der Waals surface area contributed by atoms with Gasteiger partial charge in [0.05, 0.1) is 6.61 Å². The fourth-order valence-corrected chi connectivity index (χ4v) is 1.19. The van der Waals surface area contributed by atoms with Gasteiger partial charge >= 0.3 is 7.82 Å². The van der Waals surface area contributed by atoms with E-state index < -0.39 is 7.82 Å². The van der Waals surface area contributed by atoms with Gasteiger partial charge in [0, 0.05) is 0 Å². The van der Waals surface area contributed by atoms with E-state index in [1.54, 1.807) is 0 Å². The highest BCUT2D eigenvalue weighted by molar-refractivity contribution is 7.46. The predicted octanol–water partition coefficient (Wildman–Crippen LogP) is 0.650. The Hall–Kier alpha value is -0.870. The molecule has 0 saturated carbocycles. The molecule has 0 unspecified atom stereocenters. The molecule has 72 valence electrons. The molecule has 1 rings (SSSR count). The van der Waals surface area contributed by atoms with E-state index in [1.807, 2.05) is 0 Å². The zero-order chi connectivity index (χ0) is 9.90. The Kier molecular flexibility index (Phi) is 3.06. The van der Waals surface area contributed by atoms with Gasteiger partial charge in [-0.1, -0.05) is 12.1 Å². The van der Waals surface area contributed by atoms with E-state index >= 15 is 0 Å². The topological polar surface area (TPSA) is 87.0 Å². The lowest BCUT2D eigenvalue weighted by Gasteiger charge is -2.06. The van der Waals surface area contributed by atoms with Crippen LogP contribution in [0.3, 0.4) is 0 Å². The van der Waals surface area contributed by atoms with Crippen molar-refractivity contribution in [2.75, 3.05) is 0 Å². The molecule has 3 N–H and O–H groups in total. The molecule has 0 aromatic heterocycles. The largest absolute Gasteiger partial charge is 0.524 e. The van der Waals surface area contributed by atoms with Gasteiger partial charge in [-0.2, -0.15) is 0 Å². The Morgan fingerprint density at radius 3 is 2.15 bits per heavy atom. The number of aliphatic hydroxyl groups excluding tert-OH is 1. The summed E-state index contributed by atoms with van der Waals surface area (Å²) in [6, 6.07) is 5.80. The lowest BCUT2D eigenvalue weighted by atomic mass is 10.2. The van der Waals surface area contributed by atoms with Crippen LogP contribution < -0.4 is 4.52 Å². The van der Waals surface area contributed by atoms with Crippen molar-refractivity contribution in [1.29, 1.82) is 0 Å². The third-order valence-electron chi connectivity index (χ3n) is 1.33. The maximum absolute atomic E-state index is 10.4. The molecule has 0 atom stereocenters. The van der Waals surface area contributed by atoms with E-state index in [1.165, 1.54) is 24.3 Å². The molecule has 0 fully saturated rings. The Labute approximate surface area is 74.8 Å². The van der Waals surface area contributed by atoms with Crippen molar-refractivity contribution in [1.82, 2.24) is 0 Å². The van der Waals surface area contributed by atoms with Crippen LogP contribution in [-0.4, -0.2) is 14.9 Å². The zero-order valence-electron chi connectivity index (χ0n) is 6.62. The van der Waals surface area contributed by atoms with Crippen LogP contribution in [0.25, 0.3) is 0 Å². The molecule has 6 heteroatoms. The minimum Gasteiger partial charge on any atom is -0.404 e. The molecule has 0 aliphatic rings. The van der Waals surface area contributed by atoms with Crippen molar-refractivity contribution in [3.8, 4) is 5.75 Å². The van der Waals surface area contributed by atoms with E-state index in [4.69, 9.17) is 14.9 Å². The van der Waals surface area contributed by atoms with Gasteiger partial charge in [-0.15, -0.1) is 0 Å². The van der Waals surface area contributed by atoms with Crippen molar-refractivity contribution in [3.05, 3.63) is 29.8 Å². The summed E-state index contributed by atoms with van der Waals surface area (Å²) in [5.41, 5.74) is 0.651. The number of aliphatic hydroxyl groups is 1. The number of hydrogen-bond acceptors (Lipinski definition) is 3. The molecule has 0 radical (unpaired) electrons. The first-order valence-corrected chi connectivity index (χ1v) is 4.99. The van der Waals surface area contributed by atoms with Crippen LogP contribution in [0.5, 0.6) is 5.75 Å². The van der Waals surface area contributed by atoms with Gasteiger partial charge < -0.3 is 9.63 Å². The van der Waals surface area contributed by atoms with Crippen molar-refractivity contribution >= 4 is 7.82 Å². The summed E-state index contributed by atoms with van der Waals surface area (Å²) in [6.07, 6.45) is 0. The normalized spacial score (nSPS) is 11.3. The Bertz CT molecular complexity index is 314. The van der Waals surface area contributed by atoms with Gasteiger partial charge in [-0.05, 0) is 17.7 Å². The monoisotopic (exact) mass is 204 g/mol. The zero-order valence-corrected chi connectivity index (χ0v) is 7.52. The van der Waals surface area contributed by atoms with Gasteiger partial charge in [0.25, 0.3) is 0 Å². The van der Waals surface area contributed by atoms with Crippen LogP contribution in [0.1, 0.15) is 5.56 Å². The molecule has 13 heavy (non-hydrogen) atoms. The molecule has 0 heterocycles. The minimum atomic E-state index is -4.47. The van der Waals surface area contributed by atoms with Crippen LogP contribution in [0.15, 0.2) is 24.3 Å². The first-order valence-electron chi connectivity index (χ1n) is 3.46. The summed E-state index contributed by atoms with van der Waals surface area (Å²) in [5.74, 6) is 0.0746. The maximum Gasteiger partial charge on any atom is 0.524 e. The first kappa shape index (κ1) is 10.2. The predicted molar refractivity (Wildman–Crippen MR) is 45.0 cm³/mol. The van der Waals surface area contributed by atoms with Crippen LogP contribution in [0.2, 0.25) is 0 Å². The highest BCUT2D eigenvalue weighted by atomic mass is 31.2. The molecule has 0 spiro atoms. The van der Waals surface area contributed by atoms with Gasteiger partial charge in [-0.3, -0.25) is 9.79 Å². The summed E-state index contributed by atoms with van der Waals surface area (Å²) in [4.78, 5) is 16.9. The lowest BCUT2D eigenvalue weighted by Crippen LogP contribution is -1.90.